The Morgan fingerprint density at radius 3 is 1.51 bits per heavy atom. The van der Waals surface area contributed by atoms with Gasteiger partial charge in [-0.05, 0) is 159 Å². The van der Waals surface area contributed by atoms with Gasteiger partial charge in [-0.3, -0.25) is 0 Å². The molecule has 4 aliphatic carbocycles. The van der Waals surface area contributed by atoms with E-state index >= 15 is 0 Å². The van der Waals surface area contributed by atoms with Crippen LogP contribution in [0.1, 0.15) is 140 Å². The number of benzene rings is 4. The summed E-state index contributed by atoms with van der Waals surface area (Å²) in [5.41, 5.74) is 20.7. The van der Waals surface area contributed by atoms with Crippen molar-refractivity contribution in [3.8, 4) is 0 Å². The molecule has 1 unspecified atom stereocenters. The first-order valence-electron chi connectivity index (χ1n) is 22.6. The van der Waals surface area contributed by atoms with Crippen LogP contribution in [0.2, 0.25) is 0 Å². The molecule has 4 aromatic carbocycles. The number of anilines is 2. The minimum Gasteiger partial charge on any atom is -0.301 e. The first kappa shape index (κ1) is 38.5. The van der Waals surface area contributed by atoms with Crippen LogP contribution in [-0.4, -0.2) is 22.3 Å². The maximum atomic E-state index is 2.80. The number of allylic oxidation sites excluding steroid dienone is 2. The van der Waals surface area contributed by atoms with Gasteiger partial charge in [-0.1, -0.05) is 142 Å². The molecular formula is C54H65N2P. The van der Waals surface area contributed by atoms with Crippen molar-refractivity contribution in [1.82, 2.24) is 0 Å². The molecule has 0 saturated heterocycles. The summed E-state index contributed by atoms with van der Waals surface area (Å²) in [7, 11) is 0. The average molecular weight is 773 g/mol. The summed E-state index contributed by atoms with van der Waals surface area (Å²) >= 11 is 0. The third-order valence-corrected chi connectivity index (χ3v) is 20.8. The molecule has 57 heavy (non-hydrogen) atoms. The number of rotatable bonds is 6. The second-order valence-corrected chi connectivity index (χ2v) is 22.7. The number of aryl methyl sites for hydroxylation is 6. The number of hydrogen-bond donors (Lipinski definition) is 0. The minimum absolute atomic E-state index is 0.573. The van der Waals surface area contributed by atoms with Gasteiger partial charge in [0.15, 0.2) is 0 Å². The maximum absolute atomic E-state index is 2.80. The summed E-state index contributed by atoms with van der Waals surface area (Å²) in [5, 5.41) is 1.80. The van der Waals surface area contributed by atoms with E-state index in [1.165, 1.54) is 157 Å². The van der Waals surface area contributed by atoms with Crippen LogP contribution in [0.5, 0.6) is 0 Å². The van der Waals surface area contributed by atoms with Gasteiger partial charge < -0.3 is 9.80 Å². The normalized spacial score (nSPS) is 20.8. The fourth-order valence-electron chi connectivity index (χ4n) is 12.7. The van der Waals surface area contributed by atoms with Gasteiger partial charge in [-0.15, -0.1) is 0 Å². The average Bonchev–Trinajstić information content (AvgIpc) is 3.81. The fraction of sp³-hybridized carbons (Fsp3) is 0.426. The largest absolute Gasteiger partial charge is 0.301 e. The van der Waals surface area contributed by atoms with Crippen molar-refractivity contribution < 1.29 is 0 Å². The van der Waals surface area contributed by atoms with Crippen molar-refractivity contribution in [2.45, 2.75) is 148 Å². The van der Waals surface area contributed by atoms with Crippen LogP contribution in [0, 0.1) is 41.5 Å². The quantitative estimate of drug-likeness (QED) is 0.180. The zero-order valence-electron chi connectivity index (χ0n) is 35.7. The van der Waals surface area contributed by atoms with Gasteiger partial charge in [0.2, 0.25) is 0 Å². The molecule has 2 nitrogen and oxygen atoms in total. The lowest BCUT2D eigenvalue weighted by Crippen LogP contribution is -2.38. The Balaban J connectivity index is 1.39. The highest BCUT2D eigenvalue weighted by Crippen LogP contribution is 2.73. The SMILES string of the molecule is Cc1cc(C)c(N2C=CN(c3c(C)cc(C)cc3C)C2=C2CCCCC2P(=C2C=C(c3ccccc3)c3ccccc32)(C2CCCCC2)C2CCCCC2)c(C)c1. The molecule has 0 spiro atoms. The van der Waals surface area contributed by atoms with Gasteiger partial charge in [0.1, 0.15) is 5.82 Å². The molecule has 5 aliphatic rings. The lowest BCUT2D eigenvalue weighted by Gasteiger charge is -2.53. The summed E-state index contributed by atoms with van der Waals surface area (Å²) in [6.45, 7) is 12.0. The molecule has 0 radical (unpaired) electrons. The maximum Gasteiger partial charge on any atom is 0.121 e. The molecule has 1 heterocycles. The Morgan fingerprint density at radius 1 is 0.509 bits per heavy atom. The Kier molecular flexibility index (Phi) is 10.8. The van der Waals surface area contributed by atoms with Gasteiger partial charge in [-0.25, -0.2) is 0 Å². The van der Waals surface area contributed by atoms with Crippen molar-refractivity contribution in [3.05, 3.63) is 159 Å². The Hall–Kier alpha value is -4.00. The lowest BCUT2D eigenvalue weighted by atomic mass is 9.92. The Labute approximate surface area is 344 Å². The van der Waals surface area contributed by atoms with E-state index in [0.717, 1.165) is 11.3 Å². The summed E-state index contributed by atoms with van der Waals surface area (Å²) in [6, 6.07) is 30.7. The predicted molar refractivity (Wildman–Crippen MR) is 249 cm³/mol. The molecular weight excluding hydrogens is 708 g/mol. The molecule has 3 saturated carbocycles. The molecule has 3 fully saturated rings. The molecule has 0 bridgehead atoms. The van der Waals surface area contributed by atoms with Gasteiger partial charge in [0.25, 0.3) is 0 Å². The molecule has 0 N–H and O–H groups in total. The first-order chi connectivity index (χ1) is 27.8. The molecule has 3 heteroatoms. The Bertz CT molecular complexity index is 2170. The van der Waals surface area contributed by atoms with Crippen molar-refractivity contribution in [1.29, 1.82) is 0 Å². The van der Waals surface area contributed by atoms with E-state index in [1.807, 2.05) is 0 Å². The van der Waals surface area contributed by atoms with Crippen LogP contribution in [0.15, 0.2) is 109 Å². The second-order valence-electron chi connectivity index (χ2n) is 18.4. The number of nitrogens with zero attached hydrogens (tertiary/aromatic N) is 2. The fourth-order valence-corrected chi connectivity index (χ4v) is 20.2. The van der Waals surface area contributed by atoms with Crippen LogP contribution in [0.3, 0.4) is 0 Å². The van der Waals surface area contributed by atoms with E-state index in [0.29, 0.717) is 5.66 Å². The molecule has 0 amide bonds. The van der Waals surface area contributed by atoms with Crippen molar-refractivity contribution >= 4 is 29.1 Å². The highest BCUT2D eigenvalue weighted by Gasteiger charge is 2.49. The van der Waals surface area contributed by atoms with Crippen molar-refractivity contribution in [3.63, 3.8) is 0 Å². The summed E-state index contributed by atoms with van der Waals surface area (Å²) in [4.78, 5) is 5.34. The van der Waals surface area contributed by atoms with Gasteiger partial charge >= 0.3 is 0 Å². The van der Waals surface area contributed by atoms with Crippen LogP contribution in [0.4, 0.5) is 11.4 Å². The number of hydrogen-bond acceptors (Lipinski definition) is 2. The zero-order chi connectivity index (χ0) is 39.3. The molecule has 1 atom stereocenters. The van der Waals surface area contributed by atoms with Gasteiger partial charge in [0.05, 0.1) is 11.4 Å². The first-order valence-corrected chi connectivity index (χ1v) is 24.5. The van der Waals surface area contributed by atoms with Crippen LogP contribution in [-0.2, 0) is 0 Å². The van der Waals surface area contributed by atoms with Crippen molar-refractivity contribution in [2.24, 2.45) is 0 Å². The van der Waals surface area contributed by atoms with E-state index < -0.39 is 6.89 Å². The smallest absolute Gasteiger partial charge is 0.121 e. The molecule has 0 aromatic heterocycles. The molecule has 9 rings (SSSR count). The highest BCUT2D eigenvalue weighted by atomic mass is 31.2. The van der Waals surface area contributed by atoms with E-state index in [4.69, 9.17) is 0 Å². The topological polar surface area (TPSA) is 6.48 Å². The highest BCUT2D eigenvalue weighted by molar-refractivity contribution is 7.79. The molecule has 1 aliphatic heterocycles. The van der Waals surface area contributed by atoms with Gasteiger partial charge in [-0.2, -0.15) is 0 Å². The van der Waals surface area contributed by atoms with Crippen LogP contribution >= 0.6 is 6.89 Å². The third kappa shape index (κ3) is 6.73. The Morgan fingerprint density at radius 2 is 0.982 bits per heavy atom. The van der Waals surface area contributed by atoms with E-state index in [2.05, 4.69) is 149 Å². The van der Waals surface area contributed by atoms with Gasteiger partial charge in [0, 0.05) is 18.1 Å². The van der Waals surface area contributed by atoms with E-state index in [9.17, 15) is 0 Å². The molecule has 296 valence electrons. The van der Waals surface area contributed by atoms with Crippen LogP contribution in [0.25, 0.3) is 5.57 Å². The second kappa shape index (κ2) is 16.0. The van der Waals surface area contributed by atoms with E-state index in [1.54, 1.807) is 16.4 Å². The summed E-state index contributed by atoms with van der Waals surface area (Å²) in [5.74, 6) is 1.46. The third-order valence-electron chi connectivity index (χ3n) is 14.6. The monoisotopic (exact) mass is 772 g/mol. The minimum atomic E-state index is -1.87. The predicted octanol–water partition coefficient (Wildman–Crippen LogP) is 14.8. The van der Waals surface area contributed by atoms with E-state index in [-0.39, 0.29) is 0 Å². The summed E-state index contributed by atoms with van der Waals surface area (Å²) in [6.07, 6.45) is 26.8. The van der Waals surface area contributed by atoms with Crippen molar-refractivity contribution in [2.75, 3.05) is 9.80 Å². The zero-order valence-corrected chi connectivity index (χ0v) is 36.6. The molecule has 4 aromatic rings. The summed E-state index contributed by atoms with van der Waals surface area (Å²) < 4.78 is 0. The number of fused-ring (bicyclic) bond motifs is 1. The van der Waals surface area contributed by atoms with Crippen LogP contribution < -0.4 is 9.80 Å². The standard InChI is InChI=1S/C54H65N2P/c1-37-32-39(3)52(40(4)33-37)55-30-31-56(53-41(5)34-38(2)35-42(53)6)54(55)48-28-18-19-29-50(48)57(44-22-12-8-13-23-44,45-24-14-9-15-25-45)51-36-49(43-20-10-7-11-21-43)46-26-16-17-27-47(46)51/h7,10-11,16-17,20-21,26-27,30-36,44-45,50H,8-9,12-15,18-19,22-25,28-29H2,1-6H3. The lowest BCUT2D eigenvalue weighted by molar-refractivity contribution is 0.474.